The summed E-state index contributed by atoms with van der Waals surface area (Å²) >= 11 is 0. The van der Waals surface area contributed by atoms with Crippen LogP contribution in [0, 0.1) is 6.92 Å². The zero-order valence-corrected chi connectivity index (χ0v) is 13.2. The molecule has 118 valence electrons. The molecule has 0 atom stereocenters. The molecule has 0 saturated carbocycles. The van der Waals surface area contributed by atoms with Crippen LogP contribution in [0.4, 0.5) is 5.82 Å². The second kappa shape index (κ2) is 5.54. The van der Waals surface area contributed by atoms with Gasteiger partial charge in [0.05, 0.1) is 5.69 Å². The highest BCUT2D eigenvalue weighted by Crippen LogP contribution is 2.22. The Labute approximate surface area is 133 Å². The lowest BCUT2D eigenvalue weighted by molar-refractivity contribution is 0.194. The van der Waals surface area contributed by atoms with E-state index in [0.29, 0.717) is 6.04 Å². The monoisotopic (exact) mass is 310 g/mol. The fraction of sp³-hybridized carbons (Fsp3) is 0.400. The van der Waals surface area contributed by atoms with E-state index in [-0.39, 0.29) is 0 Å². The van der Waals surface area contributed by atoms with Crippen molar-refractivity contribution in [2.75, 3.05) is 25.0 Å². The molecule has 8 heteroatoms. The van der Waals surface area contributed by atoms with Gasteiger partial charge in [0.25, 0.3) is 0 Å². The Morgan fingerprint density at radius 2 is 2.09 bits per heavy atom. The van der Waals surface area contributed by atoms with Gasteiger partial charge >= 0.3 is 0 Å². The fourth-order valence-electron chi connectivity index (χ4n) is 2.77. The van der Waals surface area contributed by atoms with Gasteiger partial charge in [0, 0.05) is 31.9 Å². The lowest BCUT2D eigenvalue weighted by Crippen LogP contribution is -2.58. The normalized spacial score (nSPS) is 15.3. The van der Waals surface area contributed by atoms with E-state index in [2.05, 4.69) is 42.1 Å². The molecule has 23 heavy (non-hydrogen) atoms. The Hall–Kier alpha value is -2.61. The molecule has 3 aromatic rings. The highest BCUT2D eigenvalue weighted by atomic mass is 15.4. The Kier molecular flexibility index (Phi) is 3.38. The molecule has 4 rings (SSSR count). The number of aromatic nitrogens is 6. The molecule has 0 radical (unpaired) electrons. The second-order valence-corrected chi connectivity index (χ2v) is 5.88. The van der Waals surface area contributed by atoms with Gasteiger partial charge in [0.15, 0.2) is 11.5 Å². The van der Waals surface area contributed by atoms with Gasteiger partial charge < -0.3 is 4.90 Å². The van der Waals surface area contributed by atoms with Crippen LogP contribution in [0.25, 0.3) is 5.65 Å². The first-order valence-corrected chi connectivity index (χ1v) is 7.60. The van der Waals surface area contributed by atoms with Crippen LogP contribution in [0.5, 0.6) is 0 Å². The molecule has 1 saturated heterocycles. The van der Waals surface area contributed by atoms with Gasteiger partial charge in [-0.2, -0.15) is 4.52 Å². The summed E-state index contributed by atoms with van der Waals surface area (Å²) in [6, 6.07) is 6.42. The fourth-order valence-corrected chi connectivity index (χ4v) is 2.77. The maximum Gasteiger partial charge on any atom is 0.178 e. The van der Waals surface area contributed by atoms with Crippen LogP contribution in [0.15, 0.2) is 30.7 Å². The van der Waals surface area contributed by atoms with Crippen molar-refractivity contribution in [3.63, 3.8) is 0 Å². The van der Waals surface area contributed by atoms with E-state index in [4.69, 9.17) is 0 Å². The molecule has 0 amide bonds. The number of anilines is 1. The maximum absolute atomic E-state index is 4.61. The van der Waals surface area contributed by atoms with E-state index in [9.17, 15) is 0 Å². The Bertz CT molecular complexity index is 809. The summed E-state index contributed by atoms with van der Waals surface area (Å²) in [5.74, 6) is 1.77. The van der Waals surface area contributed by atoms with Crippen LogP contribution < -0.4 is 4.90 Å². The van der Waals surface area contributed by atoms with Crippen molar-refractivity contribution in [2.24, 2.45) is 0 Å². The van der Waals surface area contributed by atoms with Crippen molar-refractivity contribution in [2.45, 2.75) is 19.5 Å². The first-order chi connectivity index (χ1) is 11.2. The lowest BCUT2D eigenvalue weighted by atomic mass is 10.1. The predicted octanol–water partition coefficient (Wildman–Crippen LogP) is 0.543. The van der Waals surface area contributed by atoms with E-state index < -0.39 is 0 Å². The summed E-state index contributed by atoms with van der Waals surface area (Å²) < 4.78 is 1.78. The molecule has 1 aliphatic rings. The number of hydrogen-bond donors (Lipinski definition) is 0. The second-order valence-electron chi connectivity index (χ2n) is 5.88. The summed E-state index contributed by atoms with van der Waals surface area (Å²) in [6.07, 6.45) is 3.38. The van der Waals surface area contributed by atoms with E-state index in [1.165, 1.54) is 0 Å². The number of hydrogen-bond acceptors (Lipinski definition) is 7. The third-order valence-corrected chi connectivity index (χ3v) is 4.27. The van der Waals surface area contributed by atoms with E-state index in [0.717, 1.165) is 42.6 Å². The topological polar surface area (TPSA) is 75.3 Å². The molecule has 1 fully saturated rings. The number of fused-ring (bicyclic) bond motifs is 1. The highest BCUT2D eigenvalue weighted by Gasteiger charge is 2.31. The minimum atomic E-state index is 0.504. The molecule has 4 heterocycles. The number of rotatable bonds is 4. The first kappa shape index (κ1) is 14.0. The average Bonchev–Trinajstić information content (AvgIpc) is 2.88. The van der Waals surface area contributed by atoms with Gasteiger partial charge in [-0.25, -0.2) is 9.97 Å². The summed E-state index contributed by atoms with van der Waals surface area (Å²) in [6.45, 7) is 4.66. The standard InChI is InChI=1S/C15H18N8/c1-11-18-19-14-3-4-15(20-23(11)14)22-8-13(9-22)21(2)7-12-5-6-16-10-17-12/h3-6,10,13H,7-9H2,1-2H3. The highest BCUT2D eigenvalue weighted by molar-refractivity contribution is 5.47. The van der Waals surface area contributed by atoms with E-state index in [1.54, 1.807) is 17.0 Å². The van der Waals surface area contributed by atoms with Crippen LogP contribution in [0.2, 0.25) is 0 Å². The molecule has 3 aromatic heterocycles. The zero-order chi connectivity index (χ0) is 15.8. The van der Waals surface area contributed by atoms with Crippen molar-refractivity contribution in [1.82, 2.24) is 34.7 Å². The van der Waals surface area contributed by atoms with Gasteiger partial charge in [-0.3, -0.25) is 4.90 Å². The van der Waals surface area contributed by atoms with Crippen molar-refractivity contribution in [3.05, 3.63) is 42.2 Å². The summed E-state index contributed by atoms with van der Waals surface area (Å²) in [5, 5.41) is 12.7. The molecule has 8 nitrogen and oxygen atoms in total. The molecule has 1 aliphatic heterocycles. The molecule has 0 N–H and O–H groups in total. The molecule has 0 spiro atoms. The SMILES string of the molecule is Cc1nnc2ccc(N3CC(N(C)Cc4ccncn4)C3)nn12. The Morgan fingerprint density at radius 3 is 2.87 bits per heavy atom. The number of nitrogens with zero attached hydrogens (tertiary/aromatic N) is 8. The summed E-state index contributed by atoms with van der Waals surface area (Å²) in [7, 11) is 2.13. The van der Waals surface area contributed by atoms with Crippen LogP contribution in [-0.2, 0) is 6.54 Å². The molecule has 0 bridgehead atoms. The Balaban J connectivity index is 1.41. The van der Waals surface area contributed by atoms with Gasteiger partial charge in [-0.05, 0) is 32.2 Å². The molecular weight excluding hydrogens is 292 g/mol. The Morgan fingerprint density at radius 1 is 1.22 bits per heavy atom. The van der Waals surface area contributed by atoms with Crippen LogP contribution >= 0.6 is 0 Å². The van der Waals surface area contributed by atoms with Crippen molar-refractivity contribution < 1.29 is 0 Å². The summed E-state index contributed by atoms with van der Waals surface area (Å²) in [4.78, 5) is 12.8. The number of aryl methyl sites for hydroxylation is 1. The van der Waals surface area contributed by atoms with Crippen molar-refractivity contribution in [1.29, 1.82) is 0 Å². The lowest BCUT2D eigenvalue weighted by Gasteiger charge is -2.44. The van der Waals surface area contributed by atoms with E-state index >= 15 is 0 Å². The smallest absolute Gasteiger partial charge is 0.178 e. The zero-order valence-electron chi connectivity index (χ0n) is 13.2. The van der Waals surface area contributed by atoms with Crippen molar-refractivity contribution >= 4 is 11.5 Å². The third kappa shape index (κ3) is 2.61. The van der Waals surface area contributed by atoms with Gasteiger partial charge in [-0.15, -0.1) is 15.3 Å². The van der Waals surface area contributed by atoms with Gasteiger partial charge in [0.2, 0.25) is 0 Å². The third-order valence-electron chi connectivity index (χ3n) is 4.27. The van der Waals surface area contributed by atoms with E-state index in [1.807, 2.05) is 25.1 Å². The number of likely N-dealkylation sites (N-methyl/N-ethyl adjacent to an activating group) is 1. The average molecular weight is 310 g/mol. The summed E-state index contributed by atoms with van der Waals surface area (Å²) in [5.41, 5.74) is 1.82. The van der Waals surface area contributed by atoms with Crippen LogP contribution in [0.1, 0.15) is 11.5 Å². The first-order valence-electron chi connectivity index (χ1n) is 7.60. The van der Waals surface area contributed by atoms with Crippen molar-refractivity contribution in [3.8, 4) is 0 Å². The van der Waals surface area contributed by atoms with Gasteiger partial charge in [-0.1, -0.05) is 0 Å². The van der Waals surface area contributed by atoms with Crippen LogP contribution in [0.3, 0.4) is 0 Å². The quantitative estimate of drug-likeness (QED) is 0.696. The largest absolute Gasteiger partial charge is 0.352 e. The minimum Gasteiger partial charge on any atom is -0.352 e. The molecule has 0 aliphatic carbocycles. The maximum atomic E-state index is 4.61. The molecule has 0 aromatic carbocycles. The molecule has 0 unspecified atom stereocenters. The minimum absolute atomic E-state index is 0.504. The van der Waals surface area contributed by atoms with Gasteiger partial charge in [0.1, 0.15) is 12.1 Å². The predicted molar refractivity (Wildman–Crippen MR) is 85.0 cm³/mol. The molecular formula is C15H18N8. The van der Waals surface area contributed by atoms with Crippen LogP contribution in [-0.4, -0.2) is 60.9 Å².